The van der Waals surface area contributed by atoms with Crippen molar-refractivity contribution in [3.05, 3.63) is 79.6 Å². The fraction of sp³-hybridized carbons (Fsp3) is 0.133. The molecule has 1 amide bonds. The number of rotatable bonds is 6. The fourth-order valence-corrected chi connectivity index (χ4v) is 2.05. The number of hydrogen-bond acceptors (Lipinski definition) is 5. The lowest BCUT2D eigenvalue weighted by atomic mass is 10.1. The first-order chi connectivity index (χ1) is 11.4. The van der Waals surface area contributed by atoms with Gasteiger partial charge in [0, 0.05) is 18.7 Å². The molecule has 2 aromatic rings. The second-order valence-corrected chi connectivity index (χ2v) is 4.89. The molecule has 24 heavy (non-hydrogen) atoms. The van der Waals surface area contributed by atoms with Gasteiger partial charge < -0.3 is 5.32 Å². The maximum absolute atomic E-state index is 13.0. The normalized spacial score (nSPS) is 10.2. The third kappa shape index (κ3) is 4.32. The van der Waals surface area contributed by atoms with Gasteiger partial charge in [0.15, 0.2) is 0 Å². The molecular weight excluding hydrogens is 321 g/mol. The summed E-state index contributed by atoms with van der Waals surface area (Å²) in [6, 6.07) is 8.55. The Kier molecular flexibility index (Phi) is 5.15. The highest BCUT2D eigenvalue weighted by molar-refractivity contribution is 5.95. The van der Waals surface area contributed by atoms with Gasteiger partial charge in [0.1, 0.15) is 5.82 Å². The van der Waals surface area contributed by atoms with Crippen molar-refractivity contribution in [2.75, 3.05) is 6.54 Å². The Hall–Kier alpha value is -3.36. The summed E-state index contributed by atoms with van der Waals surface area (Å²) in [6.07, 6.45) is 0.348. The number of non-ortho nitro benzene ring substituents is 2. The average molecular weight is 333 g/mol. The van der Waals surface area contributed by atoms with Crippen LogP contribution in [0, 0.1) is 26.0 Å². The van der Waals surface area contributed by atoms with E-state index in [0.717, 1.165) is 18.2 Å². The number of nitrogens with one attached hydrogen (secondary N) is 1. The number of hydrogen-bond donors (Lipinski definition) is 1. The summed E-state index contributed by atoms with van der Waals surface area (Å²) < 4.78 is 13.0. The van der Waals surface area contributed by atoms with E-state index in [1.807, 2.05) is 0 Å². The number of nitrogens with zero attached hydrogens (tertiary/aromatic N) is 2. The summed E-state index contributed by atoms with van der Waals surface area (Å²) in [5, 5.41) is 24.1. The van der Waals surface area contributed by atoms with E-state index in [1.165, 1.54) is 18.2 Å². The molecule has 1 N–H and O–H groups in total. The second-order valence-electron chi connectivity index (χ2n) is 4.89. The van der Waals surface area contributed by atoms with Gasteiger partial charge in [-0.2, -0.15) is 0 Å². The van der Waals surface area contributed by atoms with Gasteiger partial charge in [-0.25, -0.2) is 4.39 Å². The highest BCUT2D eigenvalue weighted by Crippen LogP contribution is 2.22. The Morgan fingerprint density at radius 2 is 1.67 bits per heavy atom. The van der Waals surface area contributed by atoms with Gasteiger partial charge in [0.2, 0.25) is 0 Å². The van der Waals surface area contributed by atoms with Crippen LogP contribution >= 0.6 is 0 Å². The molecule has 9 heteroatoms. The molecule has 0 aliphatic carbocycles. The molecule has 0 heterocycles. The first-order valence-corrected chi connectivity index (χ1v) is 6.83. The zero-order valence-corrected chi connectivity index (χ0v) is 12.3. The number of nitro groups is 2. The van der Waals surface area contributed by atoms with Crippen molar-refractivity contribution < 1.29 is 19.0 Å². The van der Waals surface area contributed by atoms with Crippen LogP contribution < -0.4 is 5.32 Å². The molecule has 0 unspecified atom stereocenters. The summed E-state index contributed by atoms with van der Waals surface area (Å²) in [6.45, 7) is 0.152. The van der Waals surface area contributed by atoms with E-state index in [-0.39, 0.29) is 12.1 Å². The highest BCUT2D eigenvalue weighted by atomic mass is 19.1. The Balaban J connectivity index is 2.08. The summed E-state index contributed by atoms with van der Waals surface area (Å²) >= 11 is 0. The van der Waals surface area contributed by atoms with Crippen LogP contribution in [0.2, 0.25) is 0 Å². The summed E-state index contributed by atoms with van der Waals surface area (Å²) in [4.78, 5) is 32.0. The van der Waals surface area contributed by atoms with Crippen molar-refractivity contribution in [1.29, 1.82) is 0 Å². The molecule has 0 radical (unpaired) electrons. The number of carbonyl (C=O) groups is 1. The summed E-state index contributed by atoms with van der Waals surface area (Å²) in [5.74, 6) is -1.08. The van der Waals surface area contributed by atoms with Gasteiger partial charge in [0.05, 0.1) is 21.5 Å². The lowest BCUT2D eigenvalue weighted by Gasteiger charge is -2.06. The Bertz CT molecular complexity index is 777. The highest BCUT2D eigenvalue weighted by Gasteiger charge is 2.19. The van der Waals surface area contributed by atoms with Gasteiger partial charge >= 0.3 is 0 Å². The van der Waals surface area contributed by atoms with Crippen LogP contribution in [-0.4, -0.2) is 22.3 Å². The monoisotopic (exact) mass is 333 g/mol. The molecule has 0 atom stereocenters. The molecule has 0 bridgehead atoms. The van der Waals surface area contributed by atoms with E-state index in [1.54, 1.807) is 6.07 Å². The zero-order valence-electron chi connectivity index (χ0n) is 12.3. The molecule has 2 aromatic carbocycles. The zero-order chi connectivity index (χ0) is 17.7. The van der Waals surface area contributed by atoms with Crippen LogP contribution in [0.3, 0.4) is 0 Å². The van der Waals surface area contributed by atoms with Gasteiger partial charge in [-0.1, -0.05) is 12.1 Å². The van der Waals surface area contributed by atoms with Crippen LogP contribution in [0.25, 0.3) is 0 Å². The number of amides is 1. The maximum Gasteiger partial charge on any atom is 0.277 e. The first kappa shape index (κ1) is 17.0. The minimum absolute atomic E-state index is 0.152. The van der Waals surface area contributed by atoms with E-state index < -0.39 is 32.9 Å². The molecule has 0 fully saturated rings. The summed E-state index contributed by atoms with van der Waals surface area (Å²) in [5.41, 5.74) is -0.602. The van der Waals surface area contributed by atoms with Crippen LogP contribution in [-0.2, 0) is 6.42 Å². The van der Waals surface area contributed by atoms with Crippen molar-refractivity contribution in [3.8, 4) is 0 Å². The number of benzene rings is 2. The van der Waals surface area contributed by atoms with Gasteiger partial charge in [-0.15, -0.1) is 0 Å². The van der Waals surface area contributed by atoms with Gasteiger partial charge in [-0.3, -0.25) is 25.0 Å². The van der Waals surface area contributed by atoms with E-state index in [9.17, 15) is 29.4 Å². The Morgan fingerprint density at radius 3 is 2.21 bits per heavy atom. The minimum atomic E-state index is -0.809. The van der Waals surface area contributed by atoms with Gasteiger partial charge in [0.25, 0.3) is 17.3 Å². The third-order valence-corrected chi connectivity index (χ3v) is 3.17. The molecule has 0 aliphatic rings. The second kappa shape index (κ2) is 7.27. The molecule has 0 aromatic heterocycles. The van der Waals surface area contributed by atoms with Crippen molar-refractivity contribution in [2.24, 2.45) is 0 Å². The van der Waals surface area contributed by atoms with Gasteiger partial charge in [-0.05, 0) is 24.1 Å². The molecule has 0 aliphatic heterocycles. The lowest BCUT2D eigenvalue weighted by molar-refractivity contribution is -0.394. The number of carbonyl (C=O) groups excluding carboxylic acids is 1. The predicted octanol–water partition coefficient (Wildman–Crippen LogP) is 2.61. The Morgan fingerprint density at radius 1 is 1.04 bits per heavy atom. The molecular formula is C15H12FN3O5. The standard InChI is InChI=1S/C15H12FN3O5/c16-12-3-1-2-10(6-12)4-5-17-15(20)11-7-13(18(21)22)9-14(8-11)19(23)24/h1-3,6-9H,4-5H2,(H,17,20). The van der Waals surface area contributed by atoms with Crippen molar-refractivity contribution >= 4 is 17.3 Å². The lowest BCUT2D eigenvalue weighted by Crippen LogP contribution is -2.25. The van der Waals surface area contributed by atoms with E-state index in [2.05, 4.69) is 5.32 Å². The first-order valence-electron chi connectivity index (χ1n) is 6.83. The van der Waals surface area contributed by atoms with Crippen molar-refractivity contribution in [2.45, 2.75) is 6.42 Å². The molecule has 0 saturated heterocycles. The van der Waals surface area contributed by atoms with E-state index >= 15 is 0 Å². The largest absolute Gasteiger partial charge is 0.352 e. The molecule has 8 nitrogen and oxygen atoms in total. The number of nitro benzene ring substituents is 2. The van der Waals surface area contributed by atoms with Crippen LogP contribution in [0.1, 0.15) is 15.9 Å². The van der Waals surface area contributed by atoms with Crippen LogP contribution in [0.5, 0.6) is 0 Å². The Labute approximate surface area is 135 Å². The maximum atomic E-state index is 13.0. The molecule has 2 rings (SSSR count). The molecule has 0 saturated carbocycles. The number of halogens is 1. The van der Waals surface area contributed by atoms with Crippen LogP contribution in [0.15, 0.2) is 42.5 Å². The fourth-order valence-electron chi connectivity index (χ4n) is 2.05. The smallest absolute Gasteiger partial charge is 0.277 e. The van der Waals surface area contributed by atoms with Crippen molar-refractivity contribution in [3.63, 3.8) is 0 Å². The topological polar surface area (TPSA) is 115 Å². The van der Waals surface area contributed by atoms with Crippen molar-refractivity contribution in [1.82, 2.24) is 5.32 Å². The average Bonchev–Trinajstić information content (AvgIpc) is 2.54. The summed E-state index contributed by atoms with van der Waals surface area (Å²) in [7, 11) is 0. The van der Waals surface area contributed by atoms with E-state index in [0.29, 0.717) is 12.0 Å². The third-order valence-electron chi connectivity index (χ3n) is 3.17. The molecule has 0 spiro atoms. The minimum Gasteiger partial charge on any atom is -0.352 e. The molecule has 124 valence electrons. The quantitative estimate of drug-likeness (QED) is 0.644. The van der Waals surface area contributed by atoms with Crippen LogP contribution in [0.4, 0.5) is 15.8 Å². The predicted molar refractivity (Wildman–Crippen MR) is 82.2 cm³/mol. The van der Waals surface area contributed by atoms with E-state index in [4.69, 9.17) is 0 Å². The SMILES string of the molecule is O=C(NCCc1cccc(F)c1)c1cc([N+](=O)[O-])cc([N+](=O)[O-])c1.